The molecule has 31 heavy (non-hydrogen) atoms. The highest BCUT2D eigenvalue weighted by Crippen LogP contribution is 2.21. The fourth-order valence-corrected chi connectivity index (χ4v) is 3.80. The maximum atomic E-state index is 13.7. The van der Waals surface area contributed by atoms with Crippen molar-refractivity contribution in [3.8, 4) is 5.75 Å². The van der Waals surface area contributed by atoms with Crippen LogP contribution >= 0.6 is 0 Å². The first-order valence-corrected chi connectivity index (χ1v) is 10.7. The van der Waals surface area contributed by atoms with E-state index in [1.165, 1.54) is 6.07 Å². The zero-order chi connectivity index (χ0) is 22.2. The number of carbonyl (C=O) groups excluding carboxylic acids is 2. The number of benzene rings is 2. The Hall–Kier alpha value is -2.93. The molecule has 7 heteroatoms. The zero-order valence-corrected chi connectivity index (χ0v) is 18.1. The van der Waals surface area contributed by atoms with E-state index in [9.17, 15) is 14.0 Å². The maximum Gasteiger partial charge on any atom is 0.241 e. The van der Waals surface area contributed by atoms with Gasteiger partial charge >= 0.3 is 0 Å². The Kier molecular flexibility index (Phi) is 8.00. The molecule has 1 aliphatic heterocycles. The molecule has 2 amide bonds. The van der Waals surface area contributed by atoms with Gasteiger partial charge in [0.1, 0.15) is 11.6 Å². The third-order valence-corrected chi connectivity index (χ3v) is 5.84. The van der Waals surface area contributed by atoms with Gasteiger partial charge in [0.15, 0.2) is 0 Å². The Labute approximate surface area is 182 Å². The molecule has 2 aromatic carbocycles. The first-order chi connectivity index (χ1) is 15.0. The topological polar surface area (TPSA) is 70.7 Å². The molecule has 2 aromatic rings. The molecule has 1 atom stereocenters. The molecule has 1 saturated heterocycles. The number of likely N-dealkylation sites (tertiary alicyclic amines) is 1. The molecular weight excluding hydrogens is 397 g/mol. The summed E-state index contributed by atoms with van der Waals surface area (Å²) in [6.45, 7) is 3.67. The summed E-state index contributed by atoms with van der Waals surface area (Å²) >= 11 is 0. The van der Waals surface area contributed by atoms with E-state index in [4.69, 9.17) is 4.74 Å². The van der Waals surface area contributed by atoms with Crippen molar-refractivity contribution < 1.29 is 18.7 Å². The van der Waals surface area contributed by atoms with Gasteiger partial charge in [-0.2, -0.15) is 0 Å². The van der Waals surface area contributed by atoms with Crippen LogP contribution in [0, 0.1) is 11.7 Å². The maximum absolute atomic E-state index is 13.7. The van der Waals surface area contributed by atoms with E-state index in [2.05, 4.69) is 15.5 Å². The second-order valence-electron chi connectivity index (χ2n) is 7.84. The van der Waals surface area contributed by atoms with Gasteiger partial charge in [0.2, 0.25) is 11.8 Å². The van der Waals surface area contributed by atoms with E-state index in [0.29, 0.717) is 44.5 Å². The fourth-order valence-electron chi connectivity index (χ4n) is 3.80. The number of amides is 2. The number of piperidine rings is 1. The van der Waals surface area contributed by atoms with E-state index >= 15 is 0 Å². The third-order valence-electron chi connectivity index (χ3n) is 5.84. The van der Waals surface area contributed by atoms with Crippen molar-refractivity contribution >= 4 is 17.5 Å². The predicted octanol–water partition coefficient (Wildman–Crippen LogP) is 3.23. The summed E-state index contributed by atoms with van der Waals surface area (Å²) in [7, 11) is 1.60. The average molecular weight is 428 g/mol. The van der Waals surface area contributed by atoms with Gasteiger partial charge in [0.05, 0.1) is 13.2 Å². The fraction of sp³-hybridized carbons (Fsp3) is 0.417. The van der Waals surface area contributed by atoms with E-state index in [1.807, 2.05) is 6.92 Å². The SMILES string of the molecule is COc1ccc(NC(=O)C(C)N2CCC(C(=O)NCCc3ccccc3F)CC2)cc1. The minimum Gasteiger partial charge on any atom is -0.497 e. The Morgan fingerprint density at radius 1 is 1.13 bits per heavy atom. The molecule has 0 spiro atoms. The van der Waals surface area contributed by atoms with Crippen molar-refractivity contribution in [3.05, 3.63) is 59.9 Å². The van der Waals surface area contributed by atoms with Gasteiger partial charge in [-0.1, -0.05) is 18.2 Å². The molecule has 0 aliphatic carbocycles. The van der Waals surface area contributed by atoms with Gasteiger partial charge in [-0.25, -0.2) is 4.39 Å². The van der Waals surface area contributed by atoms with Crippen LogP contribution < -0.4 is 15.4 Å². The van der Waals surface area contributed by atoms with E-state index in [-0.39, 0.29) is 29.6 Å². The molecule has 3 rings (SSSR count). The van der Waals surface area contributed by atoms with Crippen LogP contribution in [0.2, 0.25) is 0 Å². The molecule has 0 bridgehead atoms. The number of rotatable bonds is 8. The normalized spacial score (nSPS) is 15.8. The van der Waals surface area contributed by atoms with Crippen molar-refractivity contribution in [1.82, 2.24) is 10.2 Å². The summed E-state index contributed by atoms with van der Waals surface area (Å²) in [5.41, 5.74) is 1.33. The quantitative estimate of drug-likeness (QED) is 0.679. The van der Waals surface area contributed by atoms with Crippen LogP contribution in [-0.2, 0) is 16.0 Å². The lowest BCUT2D eigenvalue weighted by molar-refractivity contribution is -0.127. The summed E-state index contributed by atoms with van der Waals surface area (Å²) in [5, 5.41) is 5.85. The molecule has 1 fully saturated rings. The van der Waals surface area contributed by atoms with Gasteiger partial charge in [-0.05, 0) is 75.2 Å². The number of anilines is 1. The van der Waals surface area contributed by atoms with E-state index in [0.717, 1.165) is 11.4 Å². The summed E-state index contributed by atoms with van der Waals surface area (Å²) in [5.74, 6) is 0.352. The van der Waals surface area contributed by atoms with Gasteiger partial charge < -0.3 is 15.4 Å². The van der Waals surface area contributed by atoms with Crippen molar-refractivity contribution in [3.63, 3.8) is 0 Å². The number of hydrogen-bond acceptors (Lipinski definition) is 4. The number of carbonyl (C=O) groups is 2. The number of methoxy groups -OCH3 is 1. The van der Waals surface area contributed by atoms with Crippen LogP contribution in [0.1, 0.15) is 25.3 Å². The smallest absolute Gasteiger partial charge is 0.241 e. The lowest BCUT2D eigenvalue weighted by Gasteiger charge is -2.34. The first kappa shape index (κ1) is 22.7. The molecular formula is C24H30FN3O3. The van der Waals surface area contributed by atoms with Crippen LogP contribution in [0.4, 0.5) is 10.1 Å². The van der Waals surface area contributed by atoms with Crippen molar-refractivity contribution in [2.45, 2.75) is 32.2 Å². The largest absolute Gasteiger partial charge is 0.497 e. The standard InChI is InChI=1S/C24H30FN3O3/c1-17(23(29)27-20-7-9-21(31-2)10-8-20)28-15-12-19(13-16-28)24(30)26-14-11-18-5-3-4-6-22(18)25/h3-10,17,19H,11-16H2,1-2H3,(H,26,30)(H,27,29). The number of nitrogens with one attached hydrogen (secondary N) is 2. The predicted molar refractivity (Wildman–Crippen MR) is 118 cm³/mol. The van der Waals surface area contributed by atoms with Gasteiger partial charge in [0.25, 0.3) is 0 Å². The molecule has 0 radical (unpaired) electrons. The minimum absolute atomic E-state index is 0.00586. The Morgan fingerprint density at radius 3 is 2.45 bits per heavy atom. The molecule has 2 N–H and O–H groups in total. The highest BCUT2D eigenvalue weighted by Gasteiger charge is 2.29. The van der Waals surface area contributed by atoms with Gasteiger partial charge in [-0.3, -0.25) is 14.5 Å². The molecule has 0 aromatic heterocycles. The van der Waals surface area contributed by atoms with Gasteiger partial charge in [-0.15, -0.1) is 0 Å². The molecule has 1 heterocycles. The highest BCUT2D eigenvalue weighted by atomic mass is 19.1. The average Bonchev–Trinajstić information content (AvgIpc) is 2.80. The second-order valence-corrected chi connectivity index (χ2v) is 7.84. The Morgan fingerprint density at radius 2 is 1.81 bits per heavy atom. The number of ether oxygens (including phenoxy) is 1. The lowest BCUT2D eigenvalue weighted by Crippen LogP contribution is -2.48. The molecule has 166 valence electrons. The third kappa shape index (κ3) is 6.28. The summed E-state index contributed by atoms with van der Waals surface area (Å²) < 4.78 is 18.8. The zero-order valence-electron chi connectivity index (χ0n) is 18.1. The Balaban J connectivity index is 1.41. The first-order valence-electron chi connectivity index (χ1n) is 10.7. The van der Waals surface area contributed by atoms with Crippen molar-refractivity contribution in [2.24, 2.45) is 5.92 Å². The van der Waals surface area contributed by atoms with Crippen LogP contribution in [-0.4, -0.2) is 49.5 Å². The molecule has 6 nitrogen and oxygen atoms in total. The lowest BCUT2D eigenvalue weighted by atomic mass is 9.94. The Bertz CT molecular complexity index is 880. The monoisotopic (exact) mass is 427 g/mol. The van der Waals surface area contributed by atoms with Crippen LogP contribution in [0.15, 0.2) is 48.5 Å². The number of halogens is 1. The summed E-state index contributed by atoms with van der Waals surface area (Å²) in [6, 6.07) is 13.5. The van der Waals surface area contributed by atoms with Crippen LogP contribution in [0.25, 0.3) is 0 Å². The summed E-state index contributed by atoms with van der Waals surface area (Å²) in [4.78, 5) is 27.2. The van der Waals surface area contributed by atoms with Crippen molar-refractivity contribution in [2.75, 3.05) is 32.1 Å². The minimum atomic E-state index is -0.285. The highest BCUT2D eigenvalue weighted by molar-refractivity contribution is 5.94. The summed E-state index contributed by atoms with van der Waals surface area (Å²) in [6.07, 6.45) is 1.87. The van der Waals surface area contributed by atoms with E-state index < -0.39 is 0 Å². The number of nitrogens with zero attached hydrogens (tertiary/aromatic N) is 1. The van der Waals surface area contributed by atoms with Crippen molar-refractivity contribution in [1.29, 1.82) is 0 Å². The molecule has 0 saturated carbocycles. The number of hydrogen-bond donors (Lipinski definition) is 2. The van der Waals surface area contributed by atoms with Gasteiger partial charge in [0, 0.05) is 18.2 Å². The molecule has 1 aliphatic rings. The van der Waals surface area contributed by atoms with Crippen LogP contribution in [0.3, 0.4) is 0 Å². The van der Waals surface area contributed by atoms with Crippen LogP contribution in [0.5, 0.6) is 5.75 Å². The second kappa shape index (κ2) is 10.9. The van der Waals surface area contributed by atoms with E-state index in [1.54, 1.807) is 49.6 Å². The molecule has 1 unspecified atom stereocenters.